The number of rotatable bonds is 1. The Labute approximate surface area is 91.8 Å². The molecule has 16 heavy (non-hydrogen) atoms. The zero-order valence-corrected chi connectivity index (χ0v) is 8.82. The molecule has 0 bridgehead atoms. The van der Waals surface area contributed by atoms with Gasteiger partial charge in [-0.1, -0.05) is 5.16 Å². The topological polar surface area (TPSA) is 87.5 Å². The van der Waals surface area contributed by atoms with Gasteiger partial charge in [0.15, 0.2) is 0 Å². The maximum atomic E-state index is 11.7. The molecule has 2 rings (SSSR count). The average molecular weight is 224 g/mol. The quantitative estimate of drug-likeness (QED) is 0.700. The Kier molecular flexibility index (Phi) is 2.76. The van der Waals surface area contributed by atoms with Crippen LogP contribution in [-0.4, -0.2) is 41.6 Å². The van der Waals surface area contributed by atoms with E-state index in [9.17, 15) is 9.59 Å². The molecule has 0 atom stereocenters. The lowest BCUT2D eigenvalue weighted by Crippen LogP contribution is -2.51. The van der Waals surface area contributed by atoms with E-state index in [1.165, 1.54) is 4.90 Å². The zero-order valence-electron chi connectivity index (χ0n) is 8.82. The van der Waals surface area contributed by atoms with Crippen LogP contribution in [0.4, 0.5) is 10.7 Å². The van der Waals surface area contributed by atoms with Gasteiger partial charge in [0.25, 0.3) is 0 Å². The van der Waals surface area contributed by atoms with Crippen LogP contribution in [-0.2, 0) is 4.79 Å². The first kappa shape index (κ1) is 10.5. The highest BCUT2D eigenvalue weighted by Crippen LogP contribution is 2.09. The third kappa shape index (κ3) is 2.30. The molecule has 86 valence electrons. The van der Waals surface area contributed by atoms with Crippen LogP contribution in [0.1, 0.15) is 5.69 Å². The number of anilines is 1. The maximum absolute atomic E-state index is 11.7. The van der Waals surface area contributed by atoms with E-state index in [0.29, 0.717) is 18.8 Å². The van der Waals surface area contributed by atoms with Gasteiger partial charge in [0, 0.05) is 19.2 Å². The van der Waals surface area contributed by atoms with Crippen LogP contribution in [0.15, 0.2) is 10.6 Å². The molecule has 1 aromatic heterocycles. The highest BCUT2D eigenvalue weighted by Gasteiger charge is 2.21. The number of hydrogen-bond acceptors (Lipinski definition) is 4. The molecule has 0 spiro atoms. The molecule has 2 heterocycles. The van der Waals surface area contributed by atoms with Crippen LogP contribution in [0, 0.1) is 6.92 Å². The summed E-state index contributed by atoms with van der Waals surface area (Å²) in [6, 6.07) is 1.26. The van der Waals surface area contributed by atoms with E-state index >= 15 is 0 Å². The summed E-state index contributed by atoms with van der Waals surface area (Å²) in [6.07, 6.45) is 0. The molecule has 0 radical (unpaired) electrons. The molecule has 1 aliphatic heterocycles. The highest BCUT2D eigenvalue weighted by atomic mass is 16.5. The summed E-state index contributed by atoms with van der Waals surface area (Å²) in [5.74, 6) is 0.128. The third-order valence-electron chi connectivity index (χ3n) is 2.18. The van der Waals surface area contributed by atoms with Gasteiger partial charge in [0.1, 0.15) is 6.54 Å². The molecule has 3 amide bonds. The van der Waals surface area contributed by atoms with Gasteiger partial charge < -0.3 is 14.7 Å². The van der Waals surface area contributed by atoms with Crippen molar-refractivity contribution in [1.29, 1.82) is 0 Å². The van der Waals surface area contributed by atoms with Crippen molar-refractivity contribution >= 4 is 17.8 Å². The second-order valence-corrected chi connectivity index (χ2v) is 3.53. The molecular weight excluding hydrogens is 212 g/mol. The van der Waals surface area contributed by atoms with Gasteiger partial charge >= 0.3 is 6.03 Å². The van der Waals surface area contributed by atoms with Crippen molar-refractivity contribution in [3.63, 3.8) is 0 Å². The van der Waals surface area contributed by atoms with E-state index in [-0.39, 0.29) is 24.4 Å². The van der Waals surface area contributed by atoms with Crippen molar-refractivity contribution in [3.8, 4) is 0 Å². The van der Waals surface area contributed by atoms with Gasteiger partial charge in [-0.25, -0.2) is 4.79 Å². The summed E-state index contributed by atoms with van der Waals surface area (Å²) in [6.45, 7) is 2.79. The Balaban J connectivity index is 1.94. The first-order valence-electron chi connectivity index (χ1n) is 4.91. The number of amides is 3. The number of carbonyl (C=O) groups excluding carboxylic acids is 2. The summed E-state index contributed by atoms with van der Waals surface area (Å²) in [5.41, 5.74) is 0.687. The van der Waals surface area contributed by atoms with Crippen molar-refractivity contribution < 1.29 is 14.1 Å². The second-order valence-electron chi connectivity index (χ2n) is 3.53. The molecule has 0 saturated carbocycles. The zero-order chi connectivity index (χ0) is 11.5. The number of carbonyl (C=O) groups is 2. The summed E-state index contributed by atoms with van der Waals surface area (Å²) < 4.78 is 4.84. The standard InChI is InChI=1S/C9H12N4O3/c1-6-4-8(16-12-6)11-9(15)13-3-2-10-7(14)5-13/h4H,2-3,5H2,1H3,(H,10,14)(H,11,15). The lowest BCUT2D eigenvalue weighted by atomic mass is 10.4. The predicted octanol–water partition coefficient (Wildman–Crippen LogP) is -0.0533. The molecule has 1 saturated heterocycles. The molecule has 0 aliphatic carbocycles. The molecule has 1 aliphatic rings. The molecule has 1 aromatic rings. The fraction of sp³-hybridized carbons (Fsp3) is 0.444. The molecular formula is C9H12N4O3. The van der Waals surface area contributed by atoms with Crippen LogP contribution >= 0.6 is 0 Å². The molecule has 2 N–H and O–H groups in total. The first-order valence-corrected chi connectivity index (χ1v) is 4.91. The molecule has 1 fully saturated rings. The third-order valence-corrected chi connectivity index (χ3v) is 2.18. The molecule has 0 aromatic carbocycles. The fourth-order valence-corrected chi connectivity index (χ4v) is 1.42. The van der Waals surface area contributed by atoms with E-state index in [1.54, 1.807) is 13.0 Å². The molecule has 0 unspecified atom stereocenters. The number of aromatic nitrogens is 1. The first-order chi connectivity index (χ1) is 7.65. The normalized spacial score (nSPS) is 15.8. The van der Waals surface area contributed by atoms with Crippen LogP contribution in [0.5, 0.6) is 0 Å². The van der Waals surface area contributed by atoms with Gasteiger partial charge in [-0.2, -0.15) is 0 Å². The minimum atomic E-state index is -0.356. The number of nitrogens with one attached hydrogen (secondary N) is 2. The lowest BCUT2D eigenvalue weighted by Gasteiger charge is -2.26. The van der Waals surface area contributed by atoms with E-state index in [4.69, 9.17) is 4.52 Å². The Morgan fingerprint density at radius 2 is 2.50 bits per heavy atom. The van der Waals surface area contributed by atoms with Crippen molar-refractivity contribution in [2.24, 2.45) is 0 Å². The monoisotopic (exact) mass is 224 g/mol. The fourth-order valence-electron chi connectivity index (χ4n) is 1.42. The minimum absolute atomic E-state index is 0.0684. The smallest absolute Gasteiger partial charge is 0.324 e. The summed E-state index contributed by atoms with van der Waals surface area (Å²) in [7, 11) is 0. The minimum Gasteiger partial charge on any atom is -0.353 e. The van der Waals surface area contributed by atoms with Gasteiger partial charge in [-0.05, 0) is 6.92 Å². The van der Waals surface area contributed by atoms with Crippen LogP contribution in [0.2, 0.25) is 0 Å². The Morgan fingerprint density at radius 3 is 3.12 bits per heavy atom. The van der Waals surface area contributed by atoms with Crippen LogP contribution in [0.25, 0.3) is 0 Å². The van der Waals surface area contributed by atoms with E-state index < -0.39 is 0 Å². The van der Waals surface area contributed by atoms with Crippen molar-refractivity contribution in [2.75, 3.05) is 25.0 Å². The molecule has 7 nitrogen and oxygen atoms in total. The van der Waals surface area contributed by atoms with Gasteiger partial charge in [-0.15, -0.1) is 0 Å². The van der Waals surface area contributed by atoms with E-state index in [0.717, 1.165) is 0 Å². The van der Waals surface area contributed by atoms with Crippen molar-refractivity contribution in [1.82, 2.24) is 15.4 Å². The van der Waals surface area contributed by atoms with Gasteiger partial charge in [0.2, 0.25) is 11.8 Å². The number of aryl methyl sites for hydroxylation is 1. The Hall–Kier alpha value is -2.05. The SMILES string of the molecule is Cc1cc(NC(=O)N2CCNC(=O)C2)on1. The van der Waals surface area contributed by atoms with Gasteiger partial charge in [0.05, 0.1) is 5.69 Å². The lowest BCUT2D eigenvalue weighted by molar-refractivity contribution is -0.123. The van der Waals surface area contributed by atoms with E-state index in [1.807, 2.05) is 0 Å². The summed E-state index contributed by atoms with van der Waals surface area (Å²) in [5, 5.41) is 8.81. The summed E-state index contributed by atoms with van der Waals surface area (Å²) in [4.78, 5) is 24.1. The number of piperazine rings is 1. The molecule has 7 heteroatoms. The Bertz CT molecular complexity index is 415. The largest absolute Gasteiger partial charge is 0.353 e. The average Bonchev–Trinajstić information content (AvgIpc) is 2.64. The number of nitrogens with zero attached hydrogens (tertiary/aromatic N) is 2. The van der Waals surface area contributed by atoms with Crippen LogP contribution < -0.4 is 10.6 Å². The second kappa shape index (κ2) is 4.21. The van der Waals surface area contributed by atoms with Gasteiger partial charge in [-0.3, -0.25) is 10.1 Å². The van der Waals surface area contributed by atoms with E-state index in [2.05, 4.69) is 15.8 Å². The number of urea groups is 1. The maximum Gasteiger partial charge on any atom is 0.324 e. The van der Waals surface area contributed by atoms with Crippen LogP contribution in [0.3, 0.4) is 0 Å². The number of hydrogen-bond donors (Lipinski definition) is 2. The van der Waals surface area contributed by atoms with Crippen molar-refractivity contribution in [3.05, 3.63) is 11.8 Å². The summed E-state index contributed by atoms with van der Waals surface area (Å²) >= 11 is 0. The highest BCUT2D eigenvalue weighted by molar-refractivity contribution is 5.92. The van der Waals surface area contributed by atoms with Crippen molar-refractivity contribution in [2.45, 2.75) is 6.92 Å². The Morgan fingerprint density at radius 1 is 1.69 bits per heavy atom. The predicted molar refractivity (Wildman–Crippen MR) is 54.8 cm³/mol.